The van der Waals surface area contributed by atoms with E-state index >= 15 is 0 Å². The van der Waals surface area contributed by atoms with E-state index in [4.69, 9.17) is 5.11 Å². The average Bonchev–Trinajstić information content (AvgIpc) is 2.36. The topological polar surface area (TPSA) is 95.7 Å². The molecule has 1 aromatic carbocycles. The lowest BCUT2D eigenvalue weighted by molar-refractivity contribution is -0.384. The van der Waals surface area contributed by atoms with E-state index in [1.807, 2.05) is 32.8 Å². The number of nitro benzene ring substituents is 1. The van der Waals surface area contributed by atoms with E-state index in [-0.39, 0.29) is 23.2 Å². The van der Waals surface area contributed by atoms with Gasteiger partial charge in [-0.1, -0.05) is 19.9 Å². The van der Waals surface area contributed by atoms with E-state index in [1.54, 1.807) is 0 Å². The Bertz CT molecular complexity index is 529. The number of hydrogen-bond donors (Lipinski definition) is 2. The molecule has 0 aliphatic carbocycles. The monoisotopic (exact) mass is 295 g/mol. The smallest absolute Gasteiger partial charge is 0.342 e. The fraction of sp³-hybridized carbons (Fsp3) is 0.500. The van der Waals surface area contributed by atoms with Crippen LogP contribution < -0.4 is 5.32 Å². The molecule has 21 heavy (non-hydrogen) atoms. The van der Waals surface area contributed by atoms with Crippen LogP contribution in [0, 0.1) is 16.0 Å². The van der Waals surface area contributed by atoms with Gasteiger partial charge in [-0.2, -0.15) is 0 Å². The molecule has 0 saturated carbocycles. The fourth-order valence-electron chi connectivity index (χ4n) is 2.05. The molecule has 2 N–H and O–H groups in total. The summed E-state index contributed by atoms with van der Waals surface area (Å²) < 4.78 is 0. The van der Waals surface area contributed by atoms with Gasteiger partial charge in [0.05, 0.1) is 4.92 Å². The van der Waals surface area contributed by atoms with Crippen LogP contribution in [0.3, 0.4) is 0 Å². The van der Waals surface area contributed by atoms with Crippen LogP contribution in [0.1, 0.15) is 24.2 Å². The van der Waals surface area contributed by atoms with Gasteiger partial charge in [-0.05, 0) is 32.1 Å². The number of para-hydroxylation sites is 1. The Morgan fingerprint density at radius 1 is 1.43 bits per heavy atom. The van der Waals surface area contributed by atoms with Gasteiger partial charge in [-0.3, -0.25) is 10.1 Å². The van der Waals surface area contributed by atoms with Gasteiger partial charge in [0.1, 0.15) is 11.3 Å². The van der Waals surface area contributed by atoms with Crippen molar-refractivity contribution in [2.24, 2.45) is 5.92 Å². The minimum absolute atomic E-state index is 0.0252. The van der Waals surface area contributed by atoms with Crippen molar-refractivity contribution in [2.45, 2.75) is 19.9 Å². The number of carboxylic acid groups (broad SMARTS) is 1. The molecule has 7 nitrogen and oxygen atoms in total. The van der Waals surface area contributed by atoms with Gasteiger partial charge < -0.3 is 15.3 Å². The maximum atomic E-state index is 11.2. The first-order valence-corrected chi connectivity index (χ1v) is 6.66. The second-order valence-electron chi connectivity index (χ2n) is 5.52. The van der Waals surface area contributed by atoms with Crippen LogP contribution in [0.15, 0.2) is 18.2 Å². The number of anilines is 1. The van der Waals surface area contributed by atoms with Gasteiger partial charge in [0.15, 0.2) is 0 Å². The highest BCUT2D eigenvalue weighted by Gasteiger charge is 2.26. The summed E-state index contributed by atoms with van der Waals surface area (Å²) in [5.74, 6) is -1.07. The molecular weight excluding hydrogens is 274 g/mol. The molecule has 0 aliphatic rings. The SMILES string of the molecule is CC(C)C(CN(C)C)Nc1cccc(C(=O)O)c1[N+](=O)[O-]. The van der Waals surface area contributed by atoms with Gasteiger partial charge in [-0.25, -0.2) is 4.79 Å². The van der Waals surface area contributed by atoms with Crippen LogP contribution in [0.2, 0.25) is 0 Å². The minimum atomic E-state index is -1.31. The molecule has 0 radical (unpaired) electrons. The van der Waals surface area contributed by atoms with E-state index < -0.39 is 16.6 Å². The number of nitrogens with zero attached hydrogens (tertiary/aromatic N) is 2. The Balaban J connectivity index is 3.20. The molecule has 1 atom stereocenters. The highest BCUT2D eigenvalue weighted by Crippen LogP contribution is 2.30. The van der Waals surface area contributed by atoms with E-state index in [0.717, 1.165) is 0 Å². The Kier molecular flexibility index (Phi) is 5.66. The first kappa shape index (κ1) is 16.9. The predicted molar refractivity (Wildman–Crippen MR) is 80.9 cm³/mol. The second-order valence-corrected chi connectivity index (χ2v) is 5.52. The van der Waals surface area contributed by atoms with Crippen molar-refractivity contribution in [3.63, 3.8) is 0 Å². The van der Waals surface area contributed by atoms with Crippen LogP contribution in [-0.4, -0.2) is 47.6 Å². The van der Waals surface area contributed by atoms with Crippen molar-refractivity contribution >= 4 is 17.3 Å². The number of carbonyl (C=O) groups is 1. The number of benzene rings is 1. The third-order valence-electron chi connectivity index (χ3n) is 3.16. The zero-order chi connectivity index (χ0) is 16.2. The van der Waals surface area contributed by atoms with Crippen molar-refractivity contribution in [1.29, 1.82) is 0 Å². The quantitative estimate of drug-likeness (QED) is 0.592. The van der Waals surface area contributed by atoms with Gasteiger partial charge in [0.25, 0.3) is 0 Å². The fourth-order valence-corrected chi connectivity index (χ4v) is 2.05. The molecule has 7 heteroatoms. The molecule has 1 aromatic rings. The zero-order valence-corrected chi connectivity index (χ0v) is 12.7. The van der Waals surface area contributed by atoms with Crippen LogP contribution in [0.25, 0.3) is 0 Å². The van der Waals surface area contributed by atoms with Crippen molar-refractivity contribution in [2.75, 3.05) is 26.0 Å². The van der Waals surface area contributed by atoms with Crippen molar-refractivity contribution in [3.05, 3.63) is 33.9 Å². The molecular formula is C14H21N3O4. The first-order valence-electron chi connectivity index (χ1n) is 6.66. The third-order valence-corrected chi connectivity index (χ3v) is 3.16. The summed E-state index contributed by atoms with van der Waals surface area (Å²) in [7, 11) is 3.83. The summed E-state index contributed by atoms with van der Waals surface area (Å²) >= 11 is 0. The molecule has 0 aliphatic heterocycles. The molecule has 1 unspecified atom stereocenters. The van der Waals surface area contributed by atoms with Crippen LogP contribution >= 0.6 is 0 Å². The van der Waals surface area contributed by atoms with E-state index in [0.29, 0.717) is 6.54 Å². The molecule has 0 saturated heterocycles. The van der Waals surface area contributed by atoms with Gasteiger partial charge in [0, 0.05) is 12.6 Å². The normalized spacial score (nSPS) is 12.5. The number of rotatable bonds is 7. The van der Waals surface area contributed by atoms with Crippen LogP contribution in [0.5, 0.6) is 0 Å². The summed E-state index contributed by atoms with van der Waals surface area (Å²) in [5, 5.41) is 23.4. The average molecular weight is 295 g/mol. The summed E-state index contributed by atoms with van der Waals surface area (Å²) in [6, 6.07) is 4.26. The summed E-state index contributed by atoms with van der Waals surface area (Å²) in [6.45, 7) is 4.70. The largest absolute Gasteiger partial charge is 0.477 e. The molecule has 0 heterocycles. The number of nitrogens with one attached hydrogen (secondary N) is 1. The Morgan fingerprint density at radius 3 is 2.48 bits per heavy atom. The standard InChI is InChI=1S/C14H21N3O4/c1-9(2)12(8-16(3)4)15-11-7-5-6-10(14(18)19)13(11)17(20)21/h5-7,9,12,15H,8H2,1-4H3,(H,18,19). The Hall–Kier alpha value is -2.15. The Morgan fingerprint density at radius 2 is 2.05 bits per heavy atom. The number of hydrogen-bond acceptors (Lipinski definition) is 5. The number of nitro groups is 1. The molecule has 0 fully saturated rings. The lowest BCUT2D eigenvalue weighted by Crippen LogP contribution is -2.36. The minimum Gasteiger partial charge on any atom is -0.477 e. The van der Waals surface area contributed by atoms with Crippen LogP contribution in [0.4, 0.5) is 11.4 Å². The molecule has 0 amide bonds. The summed E-state index contributed by atoms with van der Waals surface area (Å²) in [6.07, 6.45) is 0. The van der Waals surface area contributed by atoms with Crippen molar-refractivity contribution in [3.8, 4) is 0 Å². The Labute approximate surface area is 123 Å². The van der Waals surface area contributed by atoms with Gasteiger partial charge >= 0.3 is 11.7 Å². The highest BCUT2D eigenvalue weighted by atomic mass is 16.6. The first-order chi connectivity index (χ1) is 9.73. The van der Waals surface area contributed by atoms with Crippen molar-refractivity contribution in [1.82, 2.24) is 4.90 Å². The maximum absolute atomic E-state index is 11.2. The summed E-state index contributed by atoms with van der Waals surface area (Å²) in [5.41, 5.74) is -0.466. The second kappa shape index (κ2) is 7.03. The van der Waals surface area contributed by atoms with Crippen LogP contribution in [-0.2, 0) is 0 Å². The van der Waals surface area contributed by atoms with E-state index in [9.17, 15) is 14.9 Å². The lowest BCUT2D eigenvalue weighted by atomic mass is 10.0. The number of likely N-dealkylation sites (N-methyl/N-ethyl adjacent to an activating group) is 1. The molecule has 0 aromatic heterocycles. The number of aromatic carboxylic acids is 1. The molecule has 116 valence electrons. The van der Waals surface area contributed by atoms with E-state index in [1.165, 1.54) is 18.2 Å². The molecule has 1 rings (SSSR count). The maximum Gasteiger partial charge on any atom is 0.342 e. The lowest BCUT2D eigenvalue weighted by Gasteiger charge is -2.26. The van der Waals surface area contributed by atoms with Crippen molar-refractivity contribution < 1.29 is 14.8 Å². The molecule has 0 spiro atoms. The third kappa shape index (κ3) is 4.42. The van der Waals surface area contributed by atoms with Gasteiger partial charge in [0.2, 0.25) is 0 Å². The predicted octanol–water partition coefficient (Wildman–Crippen LogP) is 2.29. The zero-order valence-electron chi connectivity index (χ0n) is 12.7. The molecule has 0 bridgehead atoms. The summed E-state index contributed by atoms with van der Waals surface area (Å²) in [4.78, 5) is 23.7. The number of carboxylic acids is 1. The van der Waals surface area contributed by atoms with E-state index in [2.05, 4.69) is 5.32 Å². The van der Waals surface area contributed by atoms with Gasteiger partial charge in [-0.15, -0.1) is 0 Å². The highest BCUT2D eigenvalue weighted by molar-refractivity contribution is 5.95.